The second-order valence-electron chi connectivity index (χ2n) is 6.82. The third-order valence-corrected chi connectivity index (χ3v) is 5.56. The van der Waals surface area contributed by atoms with Crippen LogP contribution in [0.5, 0.6) is 11.5 Å². The number of hydrogen-bond donors (Lipinski definition) is 1. The van der Waals surface area contributed by atoms with Gasteiger partial charge in [0.05, 0.1) is 34.7 Å². The Balaban J connectivity index is 1.83. The molecule has 4 rings (SSSR count). The van der Waals surface area contributed by atoms with Gasteiger partial charge in [-0.3, -0.25) is 9.36 Å². The Morgan fingerprint density at radius 3 is 2.83 bits per heavy atom. The molecule has 1 aromatic heterocycles. The van der Waals surface area contributed by atoms with Gasteiger partial charge in [0.2, 0.25) is 0 Å². The number of hydrogen-bond acceptors (Lipinski definition) is 5. The Bertz CT molecular complexity index is 1260. The van der Waals surface area contributed by atoms with E-state index in [9.17, 15) is 14.7 Å². The molecule has 154 valence electrons. The number of carboxylic acids is 1. The molecule has 0 atom stereocenters. The van der Waals surface area contributed by atoms with Crippen LogP contribution in [0.15, 0.2) is 39.6 Å². The molecule has 3 aromatic rings. The fraction of sp³-hybridized carbons (Fsp3) is 0.227. The maximum absolute atomic E-state index is 12.9. The summed E-state index contributed by atoms with van der Waals surface area (Å²) in [4.78, 5) is 28.8. The van der Waals surface area contributed by atoms with Crippen LogP contribution in [-0.2, 0) is 6.54 Å². The predicted molar refractivity (Wildman–Crippen MR) is 117 cm³/mol. The van der Waals surface area contributed by atoms with Crippen LogP contribution in [0.3, 0.4) is 0 Å². The molecule has 1 aliphatic rings. The second kappa shape index (κ2) is 7.95. The number of aromatic nitrogens is 2. The van der Waals surface area contributed by atoms with Crippen molar-refractivity contribution in [2.45, 2.75) is 19.9 Å². The van der Waals surface area contributed by atoms with Crippen molar-refractivity contribution in [1.82, 2.24) is 9.55 Å². The molecule has 8 heteroatoms. The van der Waals surface area contributed by atoms with E-state index in [0.29, 0.717) is 47.8 Å². The van der Waals surface area contributed by atoms with Crippen molar-refractivity contribution < 1.29 is 19.4 Å². The molecule has 1 aliphatic heterocycles. The van der Waals surface area contributed by atoms with E-state index in [2.05, 4.69) is 20.9 Å². The number of fused-ring (bicyclic) bond motifs is 2. The Kier molecular flexibility index (Phi) is 5.34. The molecule has 0 fully saturated rings. The Labute approximate surface area is 180 Å². The summed E-state index contributed by atoms with van der Waals surface area (Å²) in [6, 6.07) is 8.18. The molecule has 0 radical (unpaired) electrons. The number of rotatable bonds is 5. The Morgan fingerprint density at radius 2 is 2.13 bits per heavy atom. The first-order chi connectivity index (χ1) is 14.4. The maximum Gasteiger partial charge on any atom is 0.335 e. The minimum atomic E-state index is -1.05. The van der Waals surface area contributed by atoms with E-state index in [0.717, 1.165) is 15.6 Å². The number of ether oxygens (including phenoxy) is 2. The normalized spacial score (nSPS) is 14.2. The number of methoxy groups -OCH3 is 1. The molecule has 0 saturated heterocycles. The van der Waals surface area contributed by atoms with Crippen molar-refractivity contribution in [3.63, 3.8) is 0 Å². The van der Waals surface area contributed by atoms with Crippen molar-refractivity contribution in [2.24, 2.45) is 0 Å². The molecular formula is C22H19BrN2O5. The Hall–Kier alpha value is -3.13. The molecule has 0 unspecified atom stereocenters. The van der Waals surface area contributed by atoms with Crippen LogP contribution in [0.25, 0.3) is 22.6 Å². The zero-order valence-corrected chi connectivity index (χ0v) is 18.0. The lowest BCUT2D eigenvalue weighted by molar-refractivity contribution is 0.0697. The first-order valence-corrected chi connectivity index (χ1v) is 10.2. The van der Waals surface area contributed by atoms with E-state index < -0.39 is 5.97 Å². The molecular weight excluding hydrogens is 452 g/mol. The lowest BCUT2D eigenvalue weighted by Crippen LogP contribution is -2.21. The number of benzene rings is 2. The van der Waals surface area contributed by atoms with E-state index in [1.54, 1.807) is 11.7 Å². The van der Waals surface area contributed by atoms with Crippen LogP contribution in [0.1, 0.15) is 35.1 Å². The van der Waals surface area contributed by atoms with Gasteiger partial charge < -0.3 is 14.6 Å². The largest absolute Gasteiger partial charge is 0.493 e. The predicted octanol–water partition coefficient (Wildman–Crippen LogP) is 4.21. The Morgan fingerprint density at radius 1 is 1.33 bits per heavy atom. The van der Waals surface area contributed by atoms with Gasteiger partial charge in [0.25, 0.3) is 5.56 Å². The van der Waals surface area contributed by atoms with E-state index >= 15 is 0 Å². The highest BCUT2D eigenvalue weighted by Gasteiger charge is 2.22. The fourth-order valence-electron chi connectivity index (χ4n) is 3.60. The van der Waals surface area contributed by atoms with E-state index in [1.165, 1.54) is 18.2 Å². The van der Waals surface area contributed by atoms with Crippen LogP contribution in [0.2, 0.25) is 0 Å². The zero-order chi connectivity index (χ0) is 21.4. The average Bonchev–Trinajstić information content (AvgIpc) is 3.12. The summed E-state index contributed by atoms with van der Waals surface area (Å²) in [5.41, 5.74) is 2.08. The molecule has 0 aliphatic carbocycles. The molecule has 1 N–H and O–H groups in total. The third-order valence-electron chi connectivity index (χ3n) is 4.98. The summed E-state index contributed by atoms with van der Waals surface area (Å²) in [5, 5.41) is 9.65. The fourth-order valence-corrected chi connectivity index (χ4v) is 4.17. The molecule has 0 bridgehead atoms. The minimum absolute atomic E-state index is 0.100. The standard InChI is InChI=1S/C22H19BrN2O5/c1-3-30-19-16(23)9-12(10-18(19)29-2)8-13-6-7-25-20(13)24-17-11-14(22(27)28)4-5-15(17)21(25)26/h4-5,8-11H,3,6-7H2,1-2H3,(H,27,28)/b13-8+. The summed E-state index contributed by atoms with van der Waals surface area (Å²) in [6.07, 6.45) is 2.61. The third kappa shape index (κ3) is 3.47. The van der Waals surface area contributed by atoms with Gasteiger partial charge in [0.1, 0.15) is 5.82 Å². The number of aromatic carboxylic acids is 1. The highest BCUT2D eigenvalue weighted by atomic mass is 79.9. The van der Waals surface area contributed by atoms with Crippen LogP contribution in [0.4, 0.5) is 0 Å². The highest BCUT2D eigenvalue weighted by Crippen LogP contribution is 2.38. The van der Waals surface area contributed by atoms with Crippen LogP contribution in [0, 0.1) is 0 Å². The van der Waals surface area contributed by atoms with Gasteiger partial charge in [0.15, 0.2) is 11.5 Å². The van der Waals surface area contributed by atoms with Crippen molar-refractivity contribution in [3.05, 3.63) is 62.1 Å². The van der Waals surface area contributed by atoms with Crippen molar-refractivity contribution >= 4 is 44.5 Å². The van der Waals surface area contributed by atoms with Crippen LogP contribution in [-0.4, -0.2) is 34.3 Å². The first-order valence-electron chi connectivity index (χ1n) is 9.42. The van der Waals surface area contributed by atoms with E-state index in [4.69, 9.17) is 9.47 Å². The molecule has 7 nitrogen and oxygen atoms in total. The van der Waals surface area contributed by atoms with Crippen molar-refractivity contribution in [3.8, 4) is 11.5 Å². The van der Waals surface area contributed by atoms with Gasteiger partial charge in [0, 0.05) is 6.54 Å². The summed E-state index contributed by atoms with van der Waals surface area (Å²) < 4.78 is 13.5. The number of carboxylic acid groups (broad SMARTS) is 1. The number of halogens is 1. The van der Waals surface area contributed by atoms with E-state index in [-0.39, 0.29) is 11.1 Å². The second-order valence-corrected chi connectivity index (χ2v) is 7.67. The number of nitrogens with zero attached hydrogens (tertiary/aromatic N) is 2. The van der Waals surface area contributed by atoms with Crippen LogP contribution < -0.4 is 15.0 Å². The van der Waals surface area contributed by atoms with Crippen molar-refractivity contribution in [1.29, 1.82) is 0 Å². The molecule has 2 heterocycles. The summed E-state index contributed by atoms with van der Waals surface area (Å²) in [5.74, 6) is 0.738. The van der Waals surface area contributed by atoms with Gasteiger partial charge in [-0.05, 0) is 76.8 Å². The number of allylic oxidation sites excluding steroid dienone is 1. The zero-order valence-electron chi connectivity index (χ0n) is 16.4. The molecule has 0 amide bonds. The van der Waals surface area contributed by atoms with Crippen LogP contribution >= 0.6 is 15.9 Å². The van der Waals surface area contributed by atoms with Gasteiger partial charge in [-0.15, -0.1) is 0 Å². The van der Waals surface area contributed by atoms with Gasteiger partial charge in [-0.25, -0.2) is 9.78 Å². The minimum Gasteiger partial charge on any atom is -0.493 e. The molecule has 0 spiro atoms. The lowest BCUT2D eigenvalue weighted by Gasteiger charge is -2.12. The topological polar surface area (TPSA) is 90.7 Å². The quantitative estimate of drug-likeness (QED) is 0.600. The first kappa shape index (κ1) is 20.2. The average molecular weight is 471 g/mol. The summed E-state index contributed by atoms with van der Waals surface area (Å²) in [6.45, 7) is 2.95. The SMILES string of the molecule is CCOc1c(Br)cc(/C=C2\CCn3c2nc2cc(C(=O)O)ccc2c3=O)cc1OC. The maximum atomic E-state index is 12.9. The molecule has 2 aromatic carbocycles. The molecule has 0 saturated carbocycles. The van der Waals surface area contributed by atoms with Crippen molar-refractivity contribution in [2.75, 3.05) is 13.7 Å². The summed E-state index contributed by atoms with van der Waals surface area (Å²) >= 11 is 3.53. The monoisotopic (exact) mass is 470 g/mol. The number of carbonyl (C=O) groups is 1. The van der Waals surface area contributed by atoms with E-state index in [1.807, 2.05) is 25.1 Å². The molecule has 30 heavy (non-hydrogen) atoms. The lowest BCUT2D eigenvalue weighted by atomic mass is 10.1. The van der Waals surface area contributed by atoms with Gasteiger partial charge in [-0.1, -0.05) is 0 Å². The smallest absolute Gasteiger partial charge is 0.335 e. The van der Waals surface area contributed by atoms with Gasteiger partial charge >= 0.3 is 5.97 Å². The highest BCUT2D eigenvalue weighted by molar-refractivity contribution is 9.10. The summed E-state index contributed by atoms with van der Waals surface area (Å²) in [7, 11) is 1.58. The van der Waals surface area contributed by atoms with Gasteiger partial charge in [-0.2, -0.15) is 0 Å².